The van der Waals surface area contributed by atoms with Gasteiger partial charge < -0.3 is 18.3 Å². The van der Waals surface area contributed by atoms with Crippen LogP contribution < -0.4 is 0 Å². The van der Waals surface area contributed by atoms with Crippen molar-refractivity contribution in [1.82, 2.24) is 18.3 Å². The second-order valence-electron chi connectivity index (χ2n) is 20.8. The summed E-state index contributed by atoms with van der Waals surface area (Å²) in [5.41, 5.74) is 20.6. The minimum atomic E-state index is -0.771. The molecule has 0 bridgehead atoms. The smallest absolute Gasteiger partial charge is 0.0715 e. The van der Waals surface area contributed by atoms with Crippen molar-refractivity contribution in [1.29, 1.82) is 0 Å². The largest absolute Gasteiger partial charge is 0.309 e. The monoisotopic (exact) mass is 978 g/mol. The lowest BCUT2D eigenvalue weighted by atomic mass is 9.67. The summed E-state index contributed by atoms with van der Waals surface area (Å²) in [4.78, 5) is 0. The minimum absolute atomic E-state index is 0.771. The topological polar surface area (TPSA) is 19.7 Å². The molecule has 0 N–H and O–H groups in total. The van der Waals surface area contributed by atoms with E-state index < -0.39 is 5.41 Å². The van der Waals surface area contributed by atoms with Crippen molar-refractivity contribution in [2.75, 3.05) is 0 Å². The second kappa shape index (κ2) is 15.9. The van der Waals surface area contributed by atoms with Gasteiger partial charge in [-0.3, -0.25) is 0 Å². The van der Waals surface area contributed by atoms with Crippen LogP contribution in [0.25, 0.3) is 121 Å². The predicted molar refractivity (Wildman–Crippen MR) is 321 cm³/mol. The van der Waals surface area contributed by atoms with E-state index in [-0.39, 0.29) is 0 Å². The number of benzene rings is 12. The van der Waals surface area contributed by atoms with E-state index in [4.69, 9.17) is 0 Å². The molecule has 0 atom stereocenters. The zero-order valence-corrected chi connectivity index (χ0v) is 41.8. The van der Waals surface area contributed by atoms with Crippen molar-refractivity contribution in [2.24, 2.45) is 0 Å². The van der Waals surface area contributed by atoms with Crippen LogP contribution in [0.1, 0.15) is 22.3 Å². The van der Waals surface area contributed by atoms with Crippen molar-refractivity contribution in [3.63, 3.8) is 0 Å². The Morgan fingerprint density at radius 1 is 0.195 bits per heavy atom. The van der Waals surface area contributed by atoms with Crippen molar-refractivity contribution in [3.8, 4) is 33.9 Å². The molecule has 0 aliphatic heterocycles. The fourth-order valence-electron chi connectivity index (χ4n) is 13.9. The maximum absolute atomic E-state index is 2.51. The first kappa shape index (κ1) is 42.2. The number of aromatic nitrogens is 4. The molecule has 12 aromatic carbocycles. The maximum Gasteiger partial charge on any atom is 0.0715 e. The lowest BCUT2D eigenvalue weighted by molar-refractivity contribution is 0.765. The fraction of sp³-hybridized carbons (Fsp3) is 0.0137. The summed E-state index contributed by atoms with van der Waals surface area (Å²) in [5, 5.41) is 9.99. The molecule has 358 valence electrons. The minimum Gasteiger partial charge on any atom is -0.309 e. The molecule has 1 aliphatic rings. The van der Waals surface area contributed by atoms with Gasteiger partial charge in [-0.15, -0.1) is 0 Å². The number of rotatable bonds is 6. The molecule has 16 aromatic rings. The Morgan fingerprint density at radius 3 is 0.649 bits per heavy atom. The summed E-state index contributed by atoms with van der Waals surface area (Å²) in [6.07, 6.45) is 0. The fourth-order valence-corrected chi connectivity index (χ4v) is 13.9. The third kappa shape index (κ3) is 5.76. The zero-order chi connectivity index (χ0) is 50.3. The Labute approximate surface area is 443 Å². The summed E-state index contributed by atoms with van der Waals surface area (Å²) in [5.74, 6) is 0. The average molecular weight is 979 g/mol. The standard InChI is InChI=1S/C73H46N4/c1-9-25-65-55(17-1)56-18-2-10-26-66(56)74(65)49-37-33-47(34-38-49)73(48-35-39-50(40-36-48)75-67-27-11-3-19-57(67)58-20-4-12-28-68(58)75)63-45-51(76-69-29-13-5-21-59(69)60-22-6-14-30-70(60)76)41-43-53(63)54-44-42-52(46-64(54)73)77-71-31-15-7-23-61(71)62-24-8-16-32-72(62)77/h1-46H. The normalized spacial score (nSPS) is 13.0. The molecule has 4 nitrogen and oxygen atoms in total. The van der Waals surface area contributed by atoms with Crippen LogP contribution in [0, 0.1) is 0 Å². The number of hydrogen-bond donors (Lipinski definition) is 0. The van der Waals surface area contributed by atoms with Crippen molar-refractivity contribution >= 4 is 87.2 Å². The van der Waals surface area contributed by atoms with Crippen LogP contribution in [0.2, 0.25) is 0 Å². The van der Waals surface area contributed by atoms with Gasteiger partial charge in [-0.25, -0.2) is 0 Å². The Bertz CT molecular complexity index is 4560. The Balaban J connectivity index is 0.972. The van der Waals surface area contributed by atoms with Crippen LogP contribution in [0.15, 0.2) is 279 Å². The summed E-state index contributed by atoms with van der Waals surface area (Å²) >= 11 is 0. The van der Waals surface area contributed by atoms with Crippen molar-refractivity contribution < 1.29 is 0 Å². The number of hydrogen-bond acceptors (Lipinski definition) is 0. The number of fused-ring (bicyclic) bond motifs is 15. The van der Waals surface area contributed by atoms with Crippen LogP contribution in [0.4, 0.5) is 0 Å². The first-order valence-corrected chi connectivity index (χ1v) is 26.7. The predicted octanol–water partition coefficient (Wildman–Crippen LogP) is 18.4. The molecule has 4 heteroatoms. The van der Waals surface area contributed by atoms with E-state index in [9.17, 15) is 0 Å². The molecular formula is C73H46N4. The highest BCUT2D eigenvalue weighted by Crippen LogP contribution is 2.58. The first-order valence-electron chi connectivity index (χ1n) is 26.7. The van der Waals surface area contributed by atoms with E-state index in [1.54, 1.807) is 0 Å². The Hall–Kier alpha value is -10.2. The highest BCUT2D eigenvalue weighted by atomic mass is 15.0. The van der Waals surface area contributed by atoms with Crippen LogP contribution in [-0.4, -0.2) is 18.3 Å². The molecule has 0 fully saturated rings. The highest BCUT2D eigenvalue weighted by Gasteiger charge is 2.47. The van der Waals surface area contributed by atoms with Gasteiger partial charge in [-0.05, 0) is 130 Å². The van der Waals surface area contributed by atoms with Crippen molar-refractivity contribution in [2.45, 2.75) is 5.41 Å². The van der Waals surface area contributed by atoms with E-state index in [1.165, 1.54) is 121 Å². The molecule has 0 saturated heterocycles. The summed E-state index contributed by atoms with van der Waals surface area (Å²) in [6, 6.07) is 104. The molecule has 1 aliphatic carbocycles. The van der Waals surface area contributed by atoms with E-state index in [0.717, 1.165) is 22.7 Å². The van der Waals surface area contributed by atoms with E-state index in [1.807, 2.05) is 0 Å². The summed E-state index contributed by atoms with van der Waals surface area (Å²) in [7, 11) is 0. The van der Waals surface area contributed by atoms with Gasteiger partial charge in [0.15, 0.2) is 0 Å². The molecule has 0 radical (unpaired) electrons. The molecule has 17 rings (SSSR count). The molecule has 0 unspecified atom stereocenters. The first-order chi connectivity index (χ1) is 38.2. The molecule has 4 aromatic heterocycles. The van der Waals surface area contributed by atoms with Crippen LogP contribution in [-0.2, 0) is 5.41 Å². The second-order valence-corrected chi connectivity index (χ2v) is 20.8. The van der Waals surface area contributed by atoms with Gasteiger partial charge in [0.2, 0.25) is 0 Å². The summed E-state index contributed by atoms with van der Waals surface area (Å²) < 4.78 is 9.80. The van der Waals surface area contributed by atoms with Gasteiger partial charge in [-0.2, -0.15) is 0 Å². The maximum atomic E-state index is 2.51. The van der Waals surface area contributed by atoms with E-state index in [2.05, 4.69) is 297 Å². The third-order valence-electron chi connectivity index (χ3n) is 17.1. The van der Waals surface area contributed by atoms with Crippen LogP contribution >= 0.6 is 0 Å². The van der Waals surface area contributed by atoms with Gasteiger partial charge in [0.1, 0.15) is 0 Å². The van der Waals surface area contributed by atoms with Crippen LogP contribution in [0.3, 0.4) is 0 Å². The molecule has 4 heterocycles. The molecule has 0 spiro atoms. The Morgan fingerprint density at radius 2 is 0.403 bits per heavy atom. The lowest BCUT2D eigenvalue weighted by Gasteiger charge is -2.35. The zero-order valence-electron chi connectivity index (χ0n) is 41.8. The average Bonchev–Trinajstić information content (AvgIpc) is 4.46. The number of nitrogens with zero attached hydrogens (tertiary/aromatic N) is 4. The lowest BCUT2D eigenvalue weighted by Crippen LogP contribution is -2.29. The SMILES string of the molecule is c1ccc2c(c1)c1ccccc1n2-c1ccc(C2(c3ccc(-n4c5ccccc5c5ccccc54)cc3)c3cc(-n4c5ccccc5c5ccccc54)ccc3-c3ccc(-n4c5ccccc5c5ccccc54)cc32)cc1. The van der Waals surface area contributed by atoms with Gasteiger partial charge in [-0.1, -0.05) is 182 Å². The van der Waals surface area contributed by atoms with E-state index >= 15 is 0 Å². The van der Waals surface area contributed by atoms with Gasteiger partial charge >= 0.3 is 0 Å². The third-order valence-corrected chi connectivity index (χ3v) is 17.1. The van der Waals surface area contributed by atoms with Crippen LogP contribution in [0.5, 0.6) is 0 Å². The van der Waals surface area contributed by atoms with Crippen molar-refractivity contribution in [3.05, 3.63) is 301 Å². The molecule has 0 saturated carbocycles. The molecule has 77 heavy (non-hydrogen) atoms. The number of para-hydroxylation sites is 8. The Kier molecular flexibility index (Phi) is 8.73. The highest BCUT2D eigenvalue weighted by molar-refractivity contribution is 6.12. The van der Waals surface area contributed by atoms with E-state index in [0.29, 0.717) is 0 Å². The van der Waals surface area contributed by atoms with Gasteiger partial charge in [0.05, 0.1) is 49.5 Å². The quantitative estimate of drug-likeness (QED) is 0.158. The molecular weight excluding hydrogens is 933 g/mol. The summed E-state index contributed by atoms with van der Waals surface area (Å²) in [6.45, 7) is 0. The van der Waals surface area contributed by atoms with Gasteiger partial charge in [0.25, 0.3) is 0 Å². The molecule has 0 amide bonds. The van der Waals surface area contributed by atoms with Gasteiger partial charge in [0, 0.05) is 65.8 Å².